The third-order valence-corrected chi connectivity index (χ3v) is 9.63. The molecule has 0 aliphatic carbocycles. The van der Waals surface area contributed by atoms with E-state index in [1.54, 1.807) is 31.4 Å². The second-order valence-electron chi connectivity index (χ2n) is 7.77. The van der Waals surface area contributed by atoms with Crippen molar-refractivity contribution in [3.63, 3.8) is 0 Å². The van der Waals surface area contributed by atoms with Gasteiger partial charge in [0.2, 0.25) is 11.8 Å². The van der Waals surface area contributed by atoms with Gasteiger partial charge < -0.3 is 9.16 Å². The molecule has 1 saturated heterocycles. The summed E-state index contributed by atoms with van der Waals surface area (Å²) >= 11 is 0. The van der Waals surface area contributed by atoms with Crippen LogP contribution in [0.2, 0.25) is 18.1 Å². The Hall–Kier alpha value is -1.66. The van der Waals surface area contributed by atoms with Crippen LogP contribution in [0.1, 0.15) is 27.7 Å². The quantitative estimate of drug-likeness (QED) is 0.463. The number of carbonyl (C=O) groups excluding carboxylic acids is 2. The molecule has 1 aromatic rings. The maximum absolute atomic E-state index is 12.5. The Balaban J connectivity index is 2.10. The lowest BCUT2D eigenvalue weighted by Crippen LogP contribution is -2.63. The Bertz CT molecular complexity index is 617. The Morgan fingerprint density at radius 3 is 2.00 bits per heavy atom. The van der Waals surface area contributed by atoms with Gasteiger partial charge >= 0.3 is 0 Å². The zero-order valence-corrected chi connectivity index (χ0v) is 16.5. The Morgan fingerprint density at radius 2 is 1.58 bits per heavy atom. The Morgan fingerprint density at radius 1 is 1.08 bits per heavy atom. The van der Waals surface area contributed by atoms with E-state index >= 15 is 0 Å². The van der Waals surface area contributed by atoms with E-state index in [4.69, 9.17) is 9.16 Å². The van der Waals surface area contributed by atoms with Gasteiger partial charge in [0.25, 0.3) is 0 Å². The second-order valence-corrected chi connectivity index (χ2v) is 12.5. The van der Waals surface area contributed by atoms with E-state index < -0.39 is 20.3 Å². The number of hydrogen-bond acceptors (Lipinski definition) is 4. The van der Waals surface area contributed by atoms with Crippen molar-refractivity contribution >= 4 is 25.8 Å². The number of nitrogens with zero attached hydrogens (tertiary/aromatic N) is 1. The van der Waals surface area contributed by atoms with Crippen molar-refractivity contribution in [3.8, 4) is 5.75 Å². The molecule has 0 N–H and O–H groups in total. The number of hydrogen-bond donors (Lipinski definition) is 0. The number of methoxy groups -OCH3 is 1. The lowest BCUT2D eigenvalue weighted by atomic mass is 9.91. The number of amides is 2. The maximum atomic E-state index is 12.5. The zero-order valence-electron chi connectivity index (χ0n) is 15.5. The minimum absolute atomic E-state index is 0.0345. The van der Waals surface area contributed by atoms with Gasteiger partial charge in [-0.05, 0) is 49.3 Å². The first kappa shape index (κ1) is 18.7. The summed E-state index contributed by atoms with van der Waals surface area (Å²) in [5, 5.41) is 0.0345. The first-order chi connectivity index (χ1) is 11.0. The topological polar surface area (TPSA) is 55.8 Å². The summed E-state index contributed by atoms with van der Waals surface area (Å²) in [6.45, 7) is 12.5. The average molecular weight is 350 g/mol. The highest BCUT2D eigenvalue weighted by atomic mass is 28.4. The van der Waals surface area contributed by atoms with Crippen molar-refractivity contribution in [1.82, 2.24) is 0 Å². The lowest BCUT2D eigenvalue weighted by Gasteiger charge is -2.44. The first-order valence-electron chi connectivity index (χ1n) is 8.19. The highest BCUT2D eigenvalue weighted by molar-refractivity contribution is 6.74. The molecule has 1 fully saturated rings. The Labute approximate surface area is 145 Å². The van der Waals surface area contributed by atoms with Crippen LogP contribution in [0.5, 0.6) is 5.75 Å². The molecule has 1 aliphatic heterocycles. The molecule has 0 radical (unpaired) electrons. The molecule has 132 valence electrons. The van der Waals surface area contributed by atoms with Crippen LogP contribution in [0, 0.1) is 5.92 Å². The van der Waals surface area contributed by atoms with Gasteiger partial charge in [0, 0.05) is 0 Å². The number of benzene rings is 1. The van der Waals surface area contributed by atoms with E-state index in [1.807, 2.05) is 6.92 Å². The molecular weight excluding hydrogens is 322 g/mol. The summed E-state index contributed by atoms with van der Waals surface area (Å²) < 4.78 is 11.3. The van der Waals surface area contributed by atoms with Crippen LogP contribution >= 0.6 is 0 Å². The van der Waals surface area contributed by atoms with Crippen molar-refractivity contribution in [1.29, 1.82) is 0 Å². The predicted molar refractivity (Wildman–Crippen MR) is 96.7 cm³/mol. The van der Waals surface area contributed by atoms with Crippen LogP contribution in [0.25, 0.3) is 0 Å². The highest BCUT2D eigenvalue weighted by Crippen LogP contribution is 2.40. The van der Waals surface area contributed by atoms with Crippen LogP contribution in [0.4, 0.5) is 5.69 Å². The number of β-lactam (4-membered cyclic amide) rings is 2. The van der Waals surface area contributed by atoms with Crippen LogP contribution in [-0.4, -0.2) is 33.3 Å². The maximum Gasteiger partial charge on any atom is 0.249 e. The summed E-state index contributed by atoms with van der Waals surface area (Å²) in [5.74, 6) is -0.417. The van der Waals surface area contributed by atoms with Gasteiger partial charge in [0.05, 0.1) is 18.9 Å². The number of anilines is 1. The number of ether oxygens (including phenoxy) is 1. The van der Waals surface area contributed by atoms with Gasteiger partial charge in [-0.1, -0.05) is 20.8 Å². The molecule has 0 saturated carbocycles. The lowest BCUT2D eigenvalue weighted by molar-refractivity contribution is -0.147. The molecule has 0 aromatic heterocycles. The monoisotopic (exact) mass is 349 g/mol. The van der Waals surface area contributed by atoms with E-state index in [2.05, 4.69) is 33.9 Å². The van der Waals surface area contributed by atoms with Gasteiger partial charge in [-0.3, -0.25) is 9.59 Å². The summed E-state index contributed by atoms with van der Waals surface area (Å²) in [6, 6.07) is 6.89. The van der Waals surface area contributed by atoms with Crippen LogP contribution < -0.4 is 9.64 Å². The standard InChI is InChI=1S/C18H27NO4Si/c1-12(23-24(6,7)18(2,3)4)15-16(20)19(17(15)21)13-8-10-14(22-5)11-9-13/h8-12,15H,1-7H3/t12-/m1/s1. The molecule has 2 amide bonds. The molecule has 2 rings (SSSR count). The smallest absolute Gasteiger partial charge is 0.249 e. The number of carbonyl (C=O) groups is 2. The molecule has 1 aromatic carbocycles. The van der Waals surface area contributed by atoms with Crippen molar-refractivity contribution in [2.45, 2.75) is 51.9 Å². The normalized spacial score (nSPS) is 17.7. The van der Waals surface area contributed by atoms with Crippen molar-refractivity contribution < 1.29 is 18.8 Å². The van der Waals surface area contributed by atoms with Crippen molar-refractivity contribution in [2.75, 3.05) is 12.0 Å². The summed E-state index contributed by atoms with van der Waals surface area (Å²) in [4.78, 5) is 26.2. The van der Waals surface area contributed by atoms with Gasteiger partial charge in [0.1, 0.15) is 11.7 Å². The summed E-state index contributed by atoms with van der Waals surface area (Å²) in [7, 11) is -0.451. The van der Waals surface area contributed by atoms with E-state index in [-0.39, 0.29) is 16.9 Å². The fraction of sp³-hybridized carbons (Fsp3) is 0.556. The van der Waals surface area contributed by atoms with Gasteiger partial charge in [0.15, 0.2) is 8.32 Å². The number of rotatable bonds is 5. The molecule has 1 atom stereocenters. The largest absolute Gasteiger partial charge is 0.497 e. The average Bonchev–Trinajstić information content (AvgIpc) is 2.46. The third-order valence-electron chi connectivity index (χ3n) is 5.06. The molecule has 0 spiro atoms. The fourth-order valence-corrected chi connectivity index (χ4v) is 3.94. The zero-order chi connectivity index (χ0) is 18.3. The van der Waals surface area contributed by atoms with E-state index in [0.29, 0.717) is 11.4 Å². The van der Waals surface area contributed by atoms with Crippen molar-refractivity contribution in [3.05, 3.63) is 24.3 Å². The minimum atomic E-state index is -2.03. The molecule has 6 heteroatoms. The molecule has 0 bridgehead atoms. The first-order valence-corrected chi connectivity index (χ1v) is 11.1. The van der Waals surface area contributed by atoms with E-state index in [1.165, 1.54) is 4.90 Å². The second kappa shape index (κ2) is 6.33. The third kappa shape index (κ3) is 3.25. The van der Waals surface area contributed by atoms with Gasteiger partial charge in [-0.2, -0.15) is 0 Å². The predicted octanol–water partition coefficient (Wildman–Crippen LogP) is 3.59. The molecule has 1 heterocycles. The highest BCUT2D eigenvalue weighted by Gasteiger charge is 2.52. The van der Waals surface area contributed by atoms with E-state index in [9.17, 15) is 9.59 Å². The van der Waals surface area contributed by atoms with Gasteiger partial charge in [-0.25, -0.2) is 4.90 Å². The van der Waals surface area contributed by atoms with Crippen molar-refractivity contribution in [2.24, 2.45) is 5.92 Å². The SMILES string of the molecule is COc1ccc(N2C(=O)C([C@@H](C)O[Si](C)(C)C(C)(C)C)C2=O)cc1. The molecule has 24 heavy (non-hydrogen) atoms. The minimum Gasteiger partial charge on any atom is -0.497 e. The van der Waals surface area contributed by atoms with Crippen LogP contribution in [-0.2, 0) is 14.0 Å². The fourth-order valence-electron chi connectivity index (χ4n) is 2.52. The summed E-state index contributed by atoms with van der Waals surface area (Å²) in [5.41, 5.74) is 0.571. The van der Waals surface area contributed by atoms with Gasteiger partial charge in [-0.15, -0.1) is 0 Å². The van der Waals surface area contributed by atoms with Crippen LogP contribution in [0.3, 0.4) is 0 Å². The molecular formula is C18H27NO4Si. The van der Waals surface area contributed by atoms with Crippen LogP contribution in [0.15, 0.2) is 24.3 Å². The molecule has 1 aliphatic rings. The molecule has 5 nitrogen and oxygen atoms in total. The molecule has 0 unspecified atom stereocenters. The summed E-state index contributed by atoms with van der Waals surface area (Å²) in [6.07, 6.45) is -0.402. The van der Waals surface area contributed by atoms with E-state index in [0.717, 1.165) is 0 Å². The number of imide groups is 1. The Kier molecular flexibility index (Phi) is 4.93.